The monoisotopic (exact) mass is 245 g/mol. The maximum absolute atomic E-state index is 13.9. The molecule has 2 aromatic carbocycles. The third-order valence-corrected chi connectivity index (χ3v) is 3.40. The number of fused-ring (bicyclic) bond motifs is 1. The Kier molecular flexibility index (Phi) is 3.15. The molecule has 1 fully saturated rings. The van der Waals surface area contributed by atoms with Crippen LogP contribution in [-0.2, 0) is 0 Å². The van der Waals surface area contributed by atoms with Gasteiger partial charge in [-0.25, -0.2) is 4.39 Å². The van der Waals surface area contributed by atoms with Crippen molar-refractivity contribution in [1.29, 1.82) is 0 Å². The predicted molar refractivity (Wildman–Crippen MR) is 70.4 cm³/mol. The summed E-state index contributed by atoms with van der Waals surface area (Å²) < 4.78 is 19.9. The molecule has 1 aliphatic heterocycles. The molecule has 1 aliphatic rings. The number of benzene rings is 2. The van der Waals surface area contributed by atoms with E-state index in [-0.39, 0.29) is 11.9 Å². The third kappa shape index (κ3) is 2.18. The van der Waals surface area contributed by atoms with E-state index in [1.54, 1.807) is 6.07 Å². The molecule has 2 aromatic rings. The van der Waals surface area contributed by atoms with Crippen molar-refractivity contribution >= 4 is 10.8 Å². The molecule has 2 nitrogen and oxygen atoms in total. The molecule has 1 N–H and O–H groups in total. The van der Waals surface area contributed by atoms with Gasteiger partial charge in [0.25, 0.3) is 0 Å². The summed E-state index contributed by atoms with van der Waals surface area (Å²) in [6, 6.07) is 10.8. The molecule has 0 unspecified atom stereocenters. The summed E-state index contributed by atoms with van der Waals surface area (Å²) in [4.78, 5) is 0. The van der Waals surface area contributed by atoms with E-state index in [0.29, 0.717) is 11.1 Å². The van der Waals surface area contributed by atoms with Crippen molar-refractivity contribution in [3.05, 3.63) is 42.2 Å². The number of hydrogen-bond acceptors (Lipinski definition) is 2. The molecule has 94 valence electrons. The van der Waals surface area contributed by atoms with E-state index >= 15 is 0 Å². The van der Waals surface area contributed by atoms with Gasteiger partial charge in [-0.2, -0.15) is 0 Å². The lowest BCUT2D eigenvalue weighted by molar-refractivity contribution is 0.164. The SMILES string of the molecule is Fc1cccc2cccc(OC3CCNCC3)c12. The lowest BCUT2D eigenvalue weighted by Gasteiger charge is -2.24. The number of halogens is 1. The van der Waals surface area contributed by atoms with Crippen molar-refractivity contribution in [2.75, 3.05) is 13.1 Å². The molecule has 1 heterocycles. The number of ether oxygens (including phenoxy) is 1. The molecule has 0 aromatic heterocycles. The molecule has 1 saturated heterocycles. The number of piperidine rings is 1. The maximum Gasteiger partial charge on any atom is 0.134 e. The van der Waals surface area contributed by atoms with Gasteiger partial charge in [-0.3, -0.25) is 0 Å². The number of hydrogen-bond donors (Lipinski definition) is 1. The summed E-state index contributed by atoms with van der Waals surface area (Å²) in [6.45, 7) is 1.94. The Morgan fingerprint density at radius 2 is 1.78 bits per heavy atom. The van der Waals surface area contributed by atoms with Gasteiger partial charge in [-0.1, -0.05) is 24.3 Å². The van der Waals surface area contributed by atoms with Crippen LogP contribution in [0, 0.1) is 5.82 Å². The number of rotatable bonds is 2. The van der Waals surface area contributed by atoms with Crippen LogP contribution in [0.4, 0.5) is 4.39 Å². The standard InChI is InChI=1S/C15H16FNO/c16-13-5-1-3-11-4-2-6-14(15(11)13)18-12-7-9-17-10-8-12/h1-6,12,17H,7-10H2. The van der Waals surface area contributed by atoms with E-state index < -0.39 is 0 Å². The Morgan fingerprint density at radius 3 is 2.56 bits per heavy atom. The van der Waals surface area contributed by atoms with Gasteiger partial charge in [0.1, 0.15) is 17.7 Å². The highest BCUT2D eigenvalue weighted by Gasteiger charge is 2.16. The second kappa shape index (κ2) is 4.94. The molecule has 0 amide bonds. The van der Waals surface area contributed by atoms with Crippen LogP contribution in [0.2, 0.25) is 0 Å². The van der Waals surface area contributed by atoms with Crippen molar-refractivity contribution in [3.8, 4) is 5.75 Å². The van der Waals surface area contributed by atoms with Crippen LogP contribution >= 0.6 is 0 Å². The predicted octanol–water partition coefficient (Wildman–Crippen LogP) is 3.11. The van der Waals surface area contributed by atoms with Crippen LogP contribution in [0.1, 0.15) is 12.8 Å². The zero-order valence-corrected chi connectivity index (χ0v) is 10.2. The van der Waals surface area contributed by atoms with Crippen molar-refractivity contribution in [3.63, 3.8) is 0 Å². The first-order chi connectivity index (χ1) is 8.84. The van der Waals surface area contributed by atoms with E-state index in [9.17, 15) is 4.39 Å². The highest BCUT2D eigenvalue weighted by Crippen LogP contribution is 2.29. The van der Waals surface area contributed by atoms with E-state index in [2.05, 4.69) is 5.32 Å². The molecular formula is C15H16FNO. The van der Waals surface area contributed by atoms with Crippen molar-refractivity contribution in [1.82, 2.24) is 5.32 Å². The molecule has 0 saturated carbocycles. The molecule has 18 heavy (non-hydrogen) atoms. The van der Waals surface area contributed by atoms with Gasteiger partial charge in [0.05, 0.1) is 5.39 Å². The Labute approximate surface area is 106 Å². The number of nitrogens with one attached hydrogen (secondary N) is 1. The average molecular weight is 245 g/mol. The van der Waals surface area contributed by atoms with Crippen LogP contribution in [0.3, 0.4) is 0 Å². The highest BCUT2D eigenvalue weighted by molar-refractivity contribution is 5.88. The van der Waals surface area contributed by atoms with Crippen LogP contribution in [0.5, 0.6) is 5.75 Å². The Morgan fingerprint density at radius 1 is 1.06 bits per heavy atom. The highest BCUT2D eigenvalue weighted by atomic mass is 19.1. The third-order valence-electron chi connectivity index (χ3n) is 3.40. The largest absolute Gasteiger partial charge is 0.490 e. The second-order valence-electron chi connectivity index (χ2n) is 4.66. The first-order valence-electron chi connectivity index (χ1n) is 6.39. The van der Waals surface area contributed by atoms with E-state index in [0.717, 1.165) is 31.3 Å². The molecule has 3 rings (SSSR count). The lowest BCUT2D eigenvalue weighted by atomic mass is 10.1. The summed E-state index contributed by atoms with van der Waals surface area (Å²) in [6.07, 6.45) is 2.15. The van der Waals surface area contributed by atoms with Crippen molar-refractivity contribution in [2.24, 2.45) is 0 Å². The normalized spacial score (nSPS) is 16.9. The Hall–Kier alpha value is -1.61. The summed E-state index contributed by atoms with van der Waals surface area (Å²) in [7, 11) is 0. The molecule has 0 radical (unpaired) electrons. The minimum Gasteiger partial charge on any atom is -0.490 e. The van der Waals surface area contributed by atoms with Crippen LogP contribution in [0.25, 0.3) is 10.8 Å². The van der Waals surface area contributed by atoms with Crippen LogP contribution < -0.4 is 10.1 Å². The second-order valence-corrected chi connectivity index (χ2v) is 4.66. The van der Waals surface area contributed by atoms with E-state index in [1.165, 1.54) is 6.07 Å². The van der Waals surface area contributed by atoms with Gasteiger partial charge < -0.3 is 10.1 Å². The maximum atomic E-state index is 13.9. The average Bonchev–Trinajstić information content (AvgIpc) is 2.40. The molecule has 0 aliphatic carbocycles. The Bertz CT molecular complexity index is 544. The van der Waals surface area contributed by atoms with Gasteiger partial charge >= 0.3 is 0 Å². The zero-order chi connectivity index (χ0) is 12.4. The minimum absolute atomic E-state index is 0.191. The van der Waals surface area contributed by atoms with Crippen molar-refractivity contribution < 1.29 is 9.13 Å². The van der Waals surface area contributed by atoms with Crippen LogP contribution in [0.15, 0.2) is 36.4 Å². The smallest absolute Gasteiger partial charge is 0.134 e. The summed E-state index contributed by atoms with van der Waals surface area (Å²) >= 11 is 0. The Balaban J connectivity index is 1.95. The first-order valence-corrected chi connectivity index (χ1v) is 6.39. The zero-order valence-electron chi connectivity index (χ0n) is 10.2. The van der Waals surface area contributed by atoms with Gasteiger partial charge in [-0.05, 0) is 43.5 Å². The van der Waals surface area contributed by atoms with Gasteiger partial charge in [-0.15, -0.1) is 0 Å². The fourth-order valence-electron chi connectivity index (χ4n) is 2.45. The molecule has 3 heteroatoms. The molecule has 0 atom stereocenters. The van der Waals surface area contributed by atoms with Gasteiger partial charge in [0, 0.05) is 0 Å². The summed E-state index contributed by atoms with van der Waals surface area (Å²) in [5.74, 6) is 0.453. The van der Waals surface area contributed by atoms with Gasteiger partial charge in [0.15, 0.2) is 0 Å². The fourth-order valence-corrected chi connectivity index (χ4v) is 2.45. The molecule has 0 spiro atoms. The topological polar surface area (TPSA) is 21.3 Å². The van der Waals surface area contributed by atoms with Crippen LogP contribution in [-0.4, -0.2) is 19.2 Å². The van der Waals surface area contributed by atoms with E-state index in [4.69, 9.17) is 4.74 Å². The van der Waals surface area contributed by atoms with Crippen molar-refractivity contribution in [2.45, 2.75) is 18.9 Å². The van der Waals surface area contributed by atoms with E-state index in [1.807, 2.05) is 24.3 Å². The van der Waals surface area contributed by atoms with Gasteiger partial charge in [0.2, 0.25) is 0 Å². The lowest BCUT2D eigenvalue weighted by Crippen LogP contribution is -2.34. The quantitative estimate of drug-likeness (QED) is 0.877. The summed E-state index contributed by atoms with van der Waals surface area (Å²) in [5.41, 5.74) is 0. The first kappa shape index (κ1) is 11.5. The molecule has 0 bridgehead atoms. The minimum atomic E-state index is -0.211. The molecular weight excluding hydrogens is 229 g/mol. The fraction of sp³-hybridized carbons (Fsp3) is 0.333. The summed E-state index contributed by atoms with van der Waals surface area (Å²) in [5, 5.41) is 4.78.